The maximum atomic E-state index is 12.0. The van der Waals surface area contributed by atoms with Crippen LogP contribution in [0, 0.1) is 11.8 Å². The van der Waals surface area contributed by atoms with Gasteiger partial charge in [0.15, 0.2) is 5.60 Å². The van der Waals surface area contributed by atoms with E-state index in [0.29, 0.717) is 0 Å². The van der Waals surface area contributed by atoms with E-state index in [-0.39, 0.29) is 18.4 Å². The molecule has 0 heterocycles. The number of nitrogens with one attached hydrogen (secondary N) is 1. The summed E-state index contributed by atoms with van der Waals surface area (Å²) in [6, 6.07) is 0. The number of aliphatic hydroxyl groups is 1. The van der Waals surface area contributed by atoms with Gasteiger partial charge in [-0.3, -0.25) is 4.79 Å². The fourth-order valence-electron chi connectivity index (χ4n) is 2.53. The maximum Gasteiger partial charge on any atom is 0.339 e. The van der Waals surface area contributed by atoms with Crippen LogP contribution in [0.1, 0.15) is 46.0 Å². The standard InChI is InChI=1S/C14H25NO4/c1-4-10-5-7-11(8-6-10)12(16)15-9-14(2,18)13(17)19-3/h10-11,18H,4-9H2,1-3H3,(H,15,16). The first-order valence-corrected chi connectivity index (χ1v) is 6.99. The van der Waals surface area contributed by atoms with Crippen molar-refractivity contribution in [3.05, 3.63) is 0 Å². The van der Waals surface area contributed by atoms with E-state index < -0.39 is 11.6 Å². The summed E-state index contributed by atoms with van der Waals surface area (Å²) in [5.41, 5.74) is -1.66. The number of methoxy groups -OCH3 is 1. The lowest BCUT2D eigenvalue weighted by molar-refractivity contribution is -0.160. The van der Waals surface area contributed by atoms with Gasteiger partial charge in [-0.1, -0.05) is 13.3 Å². The van der Waals surface area contributed by atoms with Crippen LogP contribution in [-0.2, 0) is 14.3 Å². The molecular formula is C14H25NO4. The highest BCUT2D eigenvalue weighted by Gasteiger charge is 2.33. The van der Waals surface area contributed by atoms with Crippen LogP contribution in [-0.4, -0.2) is 36.2 Å². The summed E-state index contributed by atoms with van der Waals surface area (Å²) in [6.45, 7) is 3.41. The first kappa shape index (κ1) is 16.0. The average Bonchev–Trinajstić information content (AvgIpc) is 2.43. The molecule has 0 saturated heterocycles. The van der Waals surface area contributed by atoms with Gasteiger partial charge in [0.05, 0.1) is 13.7 Å². The van der Waals surface area contributed by atoms with Crippen molar-refractivity contribution in [3.63, 3.8) is 0 Å². The minimum Gasteiger partial charge on any atom is -0.467 e. The Hall–Kier alpha value is -1.10. The van der Waals surface area contributed by atoms with E-state index in [9.17, 15) is 14.7 Å². The molecular weight excluding hydrogens is 246 g/mol. The fraction of sp³-hybridized carbons (Fsp3) is 0.857. The van der Waals surface area contributed by atoms with E-state index in [4.69, 9.17) is 0 Å². The van der Waals surface area contributed by atoms with Gasteiger partial charge in [-0.15, -0.1) is 0 Å². The van der Waals surface area contributed by atoms with Crippen molar-refractivity contribution in [2.24, 2.45) is 11.8 Å². The number of carbonyl (C=O) groups is 2. The quantitative estimate of drug-likeness (QED) is 0.738. The lowest BCUT2D eigenvalue weighted by atomic mass is 9.80. The Bertz CT molecular complexity index is 319. The molecule has 0 aromatic heterocycles. The zero-order chi connectivity index (χ0) is 14.5. The predicted octanol–water partition coefficient (Wildman–Crippen LogP) is 1.24. The molecule has 1 fully saturated rings. The van der Waals surface area contributed by atoms with E-state index in [1.807, 2.05) is 0 Å². The van der Waals surface area contributed by atoms with E-state index in [0.717, 1.165) is 31.6 Å². The highest BCUT2D eigenvalue weighted by atomic mass is 16.5. The summed E-state index contributed by atoms with van der Waals surface area (Å²) in [7, 11) is 1.21. The maximum absolute atomic E-state index is 12.0. The van der Waals surface area contributed by atoms with Crippen molar-refractivity contribution in [3.8, 4) is 0 Å². The number of rotatable bonds is 5. The zero-order valence-electron chi connectivity index (χ0n) is 12.1. The first-order valence-electron chi connectivity index (χ1n) is 6.99. The number of hydrogen-bond donors (Lipinski definition) is 2. The van der Waals surface area contributed by atoms with Crippen molar-refractivity contribution in [1.82, 2.24) is 5.32 Å². The largest absolute Gasteiger partial charge is 0.467 e. The van der Waals surface area contributed by atoms with E-state index in [1.165, 1.54) is 20.5 Å². The predicted molar refractivity (Wildman–Crippen MR) is 71.4 cm³/mol. The van der Waals surface area contributed by atoms with Gasteiger partial charge in [0, 0.05) is 5.92 Å². The highest BCUT2D eigenvalue weighted by Crippen LogP contribution is 2.30. The Kier molecular flexibility index (Phi) is 5.79. The molecule has 0 aromatic rings. The van der Waals surface area contributed by atoms with Crippen molar-refractivity contribution < 1.29 is 19.4 Å². The van der Waals surface area contributed by atoms with Gasteiger partial charge in [-0.25, -0.2) is 4.79 Å². The summed E-state index contributed by atoms with van der Waals surface area (Å²) >= 11 is 0. The first-order chi connectivity index (χ1) is 8.90. The molecule has 0 aromatic carbocycles. The number of amides is 1. The molecule has 1 aliphatic rings. The van der Waals surface area contributed by atoms with Crippen molar-refractivity contribution in [1.29, 1.82) is 0 Å². The Morgan fingerprint density at radius 3 is 2.37 bits per heavy atom. The average molecular weight is 271 g/mol. The third kappa shape index (κ3) is 4.49. The second-order valence-corrected chi connectivity index (χ2v) is 5.61. The molecule has 0 radical (unpaired) electrons. The Balaban J connectivity index is 2.38. The Labute approximate surface area is 114 Å². The fourth-order valence-corrected chi connectivity index (χ4v) is 2.53. The second-order valence-electron chi connectivity index (χ2n) is 5.61. The molecule has 2 N–H and O–H groups in total. The van der Waals surface area contributed by atoms with Crippen LogP contribution in [0.5, 0.6) is 0 Å². The summed E-state index contributed by atoms with van der Waals surface area (Å²) in [4.78, 5) is 23.3. The van der Waals surface area contributed by atoms with Gasteiger partial charge in [0.25, 0.3) is 0 Å². The number of carbonyl (C=O) groups excluding carboxylic acids is 2. The molecule has 1 rings (SSSR count). The third-order valence-corrected chi connectivity index (χ3v) is 4.03. The monoisotopic (exact) mass is 271 g/mol. The molecule has 0 aliphatic heterocycles. The van der Waals surface area contributed by atoms with E-state index >= 15 is 0 Å². The Morgan fingerprint density at radius 2 is 1.89 bits per heavy atom. The molecule has 1 unspecified atom stereocenters. The minimum absolute atomic E-state index is 0.0104. The molecule has 110 valence electrons. The van der Waals surface area contributed by atoms with Crippen LogP contribution >= 0.6 is 0 Å². The summed E-state index contributed by atoms with van der Waals surface area (Å²) in [6.07, 6.45) is 5.13. The summed E-state index contributed by atoms with van der Waals surface area (Å²) in [5.74, 6) is -0.0558. The molecule has 1 atom stereocenters. The van der Waals surface area contributed by atoms with Crippen molar-refractivity contribution >= 4 is 11.9 Å². The van der Waals surface area contributed by atoms with Crippen LogP contribution in [0.4, 0.5) is 0 Å². The van der Waals surface area contributed by atoms with Gasteiger partial charge in [-0.2, -0.15) is 0 Å². The molecule has 0 bridgehead atoms. The zero-order valence-corrected chi connectivity index (χ0v) is 12.1. The van der Waals surface area contributed by atoms with Gasteiger partial charge >= 0.3 is 5.97 Å². The lowest BCUT2D eigenvalue weighted by Gasteiger charge is -2.28. The van der Waals surface area contributed by atoms with Crippen LogP contribution in [0.15, 0.2) is 0 Å². The smallest absolute Gasteiger partial charge is 0.339 e. The van der Waals surface area contributed by atoms with Crippen molar-refractivity contribution in [2.45, 2.75) is 51.6 Å². The second kappa shape index (κ2) is 6.89. The minimum atomic E-state index is -1.66. The molecule has 1 saturated carbocycles. The summed E-state index contributed by atoms with van der Waals surface area (Å²) < 4.78 is 4.48. The van der Waals surface area contributed by atoms with Gasteiger partial charge < -0.3 is 15.2 Å². The number of ether oxygens (including phenoxy) is 1. The third-order valence-electron chi connectivity index (χ3n) is 4.03. The SMILES string of the molecule is CCC1CCC(C(=O)NCC(C)(O)C(=O)OC)CC1. The van der Waals surface area contributed by atoms with Crippen LogP contribution < -0.4 is 5.32 Å². The van der Waals surface area contributed by atoms with E-state index in [1.54, 1.807) is 0 Å². The molecule has 5 heteroatoms. The molecule has 0 spiro atoms. The molecule has 19 heavy (non-hydrogen) atoms. The summed E-state index contributed by atoms with van der Waals surface area (Å²) in [5, 5.41) is 12.5. The van der Waals surface area contributed by atoms with Crippen LogP contribution in [0.3, 0.4) is 0 Å². The Morgan fingerprint density at radius 1 is 1.32 bits per heavy atom. The lowest BCUT2D eigenvalue weighted by Crippen LogP contribution is -2.48. The number of hydrogen-bond acceptors (Lipinski definition) is 4. The van der Waals surface area contributed by atoms with Gasteiger partial charge in [0.2, 0.25) is 5.91 Å². The number of esters is 1. The molecule has 5 nitrogen and oxygen atoms in total. The normalized spacial score (nSPS) is 26.3. The van der Waals surface area contributed by atoms with Gasteiger partial charge in [-0.05, 0) is 38.5 Å². The topological polar surface area (TPSA) is 75.6 Å². The van der Waals surface area contributed by atoms with Crippen molar-refractivity contribution in [2.75, 3.05) is 13.7 Å². The molecule has 1 amide bonds. The van der Waals surface area contributed by atoms with Gasteiger partial charge in [0.1, 0.15) is 0 Å². The molecule has 1 aliphatic carbocycles. The van der Waals surface area contributed by atoms with Crippen LogP contribution in [0.25, 0.3) is 0 Å². The highest BCUT2D eigenvalue weighted by molar-refractivity contribution is 5.82. The van der Waals surface area contributed by atoms with Crippen LogP contribution in [0.2, 0.25) is 0 Å². The van der Waals surface area contributed by atoms with E-state index in [2.05, 4.69) is 17.0 Å².